The molecule has 0 saturated carbocycles. The van der Waals surface area contributed by atoms with Crippen LogP contribution in [0.25, 0.3) is 0 Å². The second-order valence-corrected chi connectivity index (χ2v) is 5.09. The third kappa shape index (κ3) is 3.91. The van der Waals surface area contributed by atoms with E-state index in [9.17, 15) is 13.2 Å². The van der Waals surface area contributed by atoms with Crippen LogP contribution in [0.3, 0.4) is 0 Å². The van der Waals surface area contributed by atoms with Crippen LogP contribution in [0.1, 0.15) is 25.0 Å². The molecule has 1 aromatic carbocycles. The maximum Gasteiger partial charge on any atom is 0.416 e. The van der Waals surface area contributed by atoms with Crippen LogP contribution in [0.2, 0.25) is 0 Å². The van der Waals surface area contributed by atoms with Crippen LogP contribution in [-0.4, -0.2) is 18.3 Å². The number of aryl methyl sites for hydroxylation is 1. The predicted molar refractivity (Wildman–Crippen MR) is 62.5 cm³/mol. The SMILES string of the molecule is Cc1cc(C(F)(F)F)ccc1OCC(C)(C)CO. The minimum atomic E-state index is -4.34. The van der Waals surface area contributed by atoms with Gasteiger partial charge in [-0.1, -0.05) is 13.8 Å². The molecule has 1 N–H and O–H groups in total. The Morgan fingerprint density at radius 2 is 1.83 bits per heavy atom. The number of aliphatic hydroxyl groups excluding tert-OH is 1. The summed E-state index contributed by atoms with van der Waals surface area (Å²) in [5, 5.41) is 9.06. The van der Waals surface area contributed by atoms with E-state index in [1.54, 1.807) is 6.92 Å². The molecule has 0 unspecified atom stereocenters. The normalized spacial score (nSPS) is 12.6. The summed E-state index contributed by atoms with van der Waals surface area (Å²) < 4.78 is 42.8. The van der Waals surface area contributed by atoms with E-state index in [-0.39, 0.29) is 13.2 Å². The van der Waals surface area contributed by atoms with Gasteiger partial charge in [-0.2, -0.15) is 13.2 Å². The lowest BCUT2D eigenvalue weighted by molar-refractivity contribution is -0.137. The number of halogens is 3. The Bertz CT molecular complexity index is 411. The average molecular weight is 262 g/mol. The number of aliphatic hydroxyl groups is 1. The van der Waals surface area contributed by atoms with Crippen molar-refractivity contribution in [3.63, 3.8) is 0 Å². The van der Waals surface area contributed by atoms with Gasteiger partial charge in [0.25, 0.3) is 0 Å². The second-order valence-electron chi connectivity index (χ2n) is 5.09. The molecule has 0 radical (unpaired) electrons. The van der Waals surface area contributed by atoms with Gasteiger partial charge in [-0.05, 0) is 30.7 Å². The zero-order valence-corrected chi connectivity index (χ0v) is 10.6. The average Bonchev–Trinajstić information content (AvgIpc) is 2.26. The van der Waals surface area contributed by atoms with Crippen LogP contribution in [-0.2, 0) is 6.18 Å². The van der Waals surface area contributed by atoms with Gasteiger partial charge >= 0.3 is 6.18 Å². The fourth-order valence-corrected chi connectivity index (χ4v) is 1.31. The Hall–Kier alpha value is -1.23. The molecular weight excluding hydrogens is 245 g/mol. The summed E-state index contributed by atoms with van der Waals surface area (Å²) >= 11 is 0. The molecule has 0 aliphatic heterocycles. The van der Waals surface area contributed by atoms with Gasteiger partial charge in [-0.3, -0.25) is 0 Å². The second kappa shape index (κ2) is 5.18. The molecule has 18 heavy (non-hydrogen) atoms. The first-order chi connectivity index (χ1) is 8.15. The van der Waals surface area contributed by atoms with Gasteiger partial charge in [-0.25, -0.2) is 0 Å². The maximum absolute atomic E-state index is 12.5. The van der Waals surface area contributed by atoms with Gasteiger partial charge < -0.3 is 9.84 Å². The van der Waals surface area contributed by atoms with Gasteiger partial charge in [0.1, 0.15) is 5.75 Å². The first kappa shape index (κ1) is 14.8. The number of rotatable bonds is 4. The Morgan fingerprint density at radius 3 is 2.28 bits per heavy atom. The molecule has 0 aliphatic carbocycles. The Balaban J connectivity index is 2.81. The molecule has 0 aliphatic rings. The van der Waals surface area contributed by atoms with E-state index >= 15 is 0 Å². The minimum Gasteiger partial charge on any atom is -0.493 e. The van der Waals surface area contributed by atoms with Gasteiger partial charge in [0.2, 0.25) is 0 Å². The third-order valence-electron chi connectivity index (χ3n) is 2.55. The summed E-state index contributed by atoms with van der Waals surface area (Å²) in [4.78, 5) is 0. The zero-order valence-electron chi connectivity index (χ0n) is 10.6. The summed E-state index contributed by atoms with van der Waals surface area (Å²) in [7, 11) is 0. The summed E-state index contributed by atoms with van der Waals surface area (Å²) in [6, 6.07) is 3.36. The van der Waals surface area contributed by atoms with Gasteiger partial charge in [-0.15, -0.1) is 0 Å². The molecule has 1 rings (SSSR count). The highest BCUT2D eigenvalue weighted by atomic mass is 19.4. The van der Waals surface area contributed by atoms with Gasteiger partial charge in [0.15, 0.2) is 0 Å². The highest BCUT2D eigenvalue weighted by Gasteiger charge is 2.30. The van der Waals surface area contributed by atoms with Gasteiger partial charge in [0.05, 0.1) is 18.8 Å². The molecule has 0 spiro atoms. The monoisotopic (exact) mass is 262 g/mol. The molecule has 0 atom stereocenters. The fraction of sp³-hybridized carbons (Fsp3) is 0.538. The van der Waals surface area contributed by atoms with E-state index in [4.69, 9.17) is 9.84 Å². The van der Waals surface area contributed by atoms with E-state index < -0.39 is 17.2 Å². The van der Waals surface area contributed by atoms with Gasteiger partial charge in [0, 0.05) is 5.41 Å². The Labute approximate surface area is 104 Å². The smallest absolute Gasteiger partial charge is 0.416 e. The molecule has 5 heteroatoms. The molecule has 102 valence electrons. The van der Waals surface area contributed by atoms with Crippen LogP contribution in [0.4, 0.5) is 13.2 Å². The maximum atomic E-state index is 12.5. The first-order valence-electron chi connectivity index (χ1n) is 5.57. The predicted octanol–water partition coefficient (Wildman–Crippen LogP) is 3.41. The number of alkyl halides is 3. The van der Waals surface area contributed by atoms with Crippen LogP contribution in [0, 0.1) is 12.3 Å². The van der Waals surface area contributed by atoms with Crippen molar-refractivity contribution in [1.29, 1.82) is 0 Å². The zero-order chi connectivity index (χ0) is 14.0. The molecule has 0 bridgehead atoms. The Morgan fingerprint density at radius 1 is 1.22 bits per heavy atom. The van der Waals surface area contributed by atoms with Crippen molar-refractivity contribution in [3.05, 3.63) is 29.3 Å². The summed E-state index contributed by atoms with van der Waals surface area (Å²) in [6.07, 6.45) is -4.34. The number of ether oxygens (including phenoxy) is 1. The standard InChI is InChI=1S/C13H17F3O2/c1-9-6-10(13(14,15)16)4-5-11(9)18-8-12(2,3)7-17/h4-6,17H,7-8H2,1-3H3. The van der Waals surface area contributed by atoms with Crippen molar-refractivity contribution in [1.82, 2.24) is 0 Å². The third-order valence-corrected chi connectivity index (χ3v) is 2.55. The molecule has 0 aromatic heterocycles. The van der Waals surface area contributed by atoms with Crippen molar-refractivity contribution in [3.8, 4) is 5.75 Å². The highest BCUT2D eigenvalue weighted by Crippen LogP contribution is 2.32. The van der Waals surface area contributed by atoms with Crippen LogP contribution in [0.5, 0.6) is 5.75 Å². The molecule has 0 fully saturated rings. The summed E-state index contributed by atoms with van der Waals surface area (Å²) in [5.74, 6) is 0.407. The summed E-state index contributed by atoms with van der Waals surface area (Å²) in [6.45, 7) is 5.39. The molecule has 0 heterocycles. The van der Waals surface area contributed by atoms with E-state index in [0.29, 0.717) is 11.3 Å². The van der Waals surface area contributed by atoms with E-state index in [2.05, 4.69) is 0 Å². The Kier molecular flexibility index (Phi) is 4.27. The lowest BCUT2D eigenvalue weighted by Gasteiger charge is -2.22. The lowest BCUT2D eigenvalue weighted by Crippen LogP contribution is -2.25. The molecular formula is C13H17F3O2. The van der Waals surface area contributed by atoms with Crippen molar-refractivity contribution < 1.29 is 23.0 Å². The van der Waals surface area contributed by atoms with Crippen molar-refractivity contribution >= 4 is 0 Å². The molecule has 1 aromatic rings. The highest BCUT2D eigenvalue weighted by molar-refractivity contribution is 5.37. The van der Waals surface area contributed by atoms with E-state index in [0.717, 1.165) is 12.1 Å². The van der Waals surface area contributed by atoms with Crippen LogP contribution < -0.4 is 4.74 Å². The van der Waals surface area contributed by atoms with Crippen LogP contribution in [0.15, 0.2) is 18.2 Å². The van der Waals surface area contributed by atoms with E-state index in [1.165, 1.54) is 6.07 Å². The van der Waals surface area contributed by atoms with Crippen molar-refractivity contribution in [2.24, 2.45) is 5.41 Å². The molecule has 2 nitrogen and oxygen atoms in total. The van der Waals surface area contributed by atoms with Crippen molar-refractivity contribution in [2.45, 2.75) is 26.9 Å². The van der Waals surface area contributed by atoms with E-state index in [1.807, 2.05) is 13.8 Å². The number of hydrogen-bond donors (Lipinski definition) is 1. The first-order valence-corrected chi connectivity index (χ1v) is 5.57. The quantitative estimate of drug-likeness (QED) is 0.901. The topological polar surface area (TPSA) is 29.5 Å². The van der Waals surface area contributed by atoms with Crippen molar-refractivity contribution in [2.75, 3.05) is 13.2 Å². The number of benzene rings is 1. The molecule has 0 saturated heterocycles. The largest absolute Gasteiger partial charge is 0.493 e. The van der Waals surface area contributed by atoms with Crippen LogP contribution >= 0.6 is 0 Å². The fourth-order valence-electron chi connectivity index (χ4n) is 1.31. The number of hydrogen-bond acceptors (Lipinski definition) is 2. The minimum absolute atomic E-state index is 0.0489. The lowest BCUT2D eigenvalue weighted by atomic mass is 9.96. The summed E-state index contributed by atoms with van der Waals surface area (Å²) in [5.41, 5.74) is -0.679. The molecule has 0 amide bonds.